The van der Waals surface area contributed by atoms with E-state index in [1.165, 1.54) is 0 Å². The molecule has 1 aromatic heterocycles. The molecule has 120 valence electrons. The molecular weight excluding hydrogens is 264 g/mol. The van der Waals surface area contributed by atoms with Crippen LogP contribution in [-0.2, 0) is 6.42 Å². The molecule has 0 saturated heterocycles. The van der Waals surface area contributed by atoms with Crippen LogP contribution >= 0.6 is 0 Å². The number of aliphatic hydroxyl groups is 1. The molecule has 5 nitrogen and oxygen atoms in total. The standard InChI is InChI=1S/C16H30N4O/c1-7-13-19-14(17-8-2)11(3)15(20-13)18-12(9-10-21)16(4,5)6/h12,21H,7-10H2,1-6H3,(H2,17,18,19,20). The van der Waals surface area contributed by atoms with Gasteiger partial charge in [0.15, 0.2) is 0 Å². The van der Waals surface area contributed by atoms with Gasteiger partial charge >= 0.3 is 0 Å². The summed E-state index contributed by atoms with van der Waals surface area (Å²) in [6.07, 6.45) is 1.50. The second-order valence-electron chi connectivity index (χ2n) is 6.42. The molecule has 0 spiro atoms. The Morgan fingerprint density at radius 2 is 1.76 bits per heavy atom. The van der Waals surface area contributed by atoms with Crippen LogP contribution in [0.3, 0.4) is 0 Å². The Labute approximate surface area is 128 Å². The monoisotopic (exact) mass is 294 g/mol. The first-order valence-corrected chi connectivity index (χ1v) is 7.82. The Hall–Kier alpha value is -1.36. The quantitative estimate of drug-likeness (QED) is 0.721. The first kappa shape index (κ1) is 17.7. The topological polar surface area (TPSA) is 70.1 Å². The predicted octanol–water partition coefficient (Wildman–Crippen LogP) is 2.99. The van der Waals surface area contributed by atoms with Crippen LogP contribution in [0, 0.1) is 12.3 Å². The zero-order valence-electron chi connectivity index (χ0n) is 14.2. The van der Waals surface area contributed by atoms with Crippen LogP contribution in [0.15, 0.2) is 0 Å². The molecule has 0 amide bonds. The maximum atomic E-state index is 9.30. The Balaban J connectivity index is 3.12. The number of rotatable bonds is 7. The van der Waals surface area contributed by atoms with Gasteiger partial charge in [-0.05, 0) is 25.7 Å². The predicted molar refractivity (Wildman–Crippen MR) is 88.9 cm³/mol. The molecule has 1 heterocycles. The smallest absolute Gasteiger partial charge is 0.135 e. The molecule has 0 radical (unpaired) electrons. The SMILES string of the molecule is CCNc1nc(CC)nc(NC(CCO)C(C)(C)C)c1C. The van der Waals surface area contributed by atoms with E-state index >= 15 is 0 Å². The number of aromatic nitrogens is 2. The number of hydrogen-bond acceptors (Lipinski definition) is 5. The molecule has 0 aliphatic carbocycles. The summed E-state index contributed by atoms with van der Waals surface area (Å²) < 4.78 is 0. The fraction of sp³-hybridized carbons (Fsp3) is 0.750. The maximum absolute atomic E-state index is 9.30. The molecule has 1 atom stereocenters. The molecular formula is C16H30N4O. The first-order valence-electron chi connectivity index (χ1n) is 7.82. The van der Waals surface area contributed by atoms with Gasteiger partial charge in [0, 0.05) is 31.2 Å². The summed E-state index contributed by atoms with van der Waals surface area (Å²) in [7, 11) is 0. The van der Waals surface area contributed by atoms with Gasteiger partial charge in [-0.1, -0.05) is 27.7 Å². The van der Waals surface area contributed by atoms with Crippen molar-refractivity contribution in [2.45, 2.75) is 60.4 Å². The number of aryl methyl sites for hydroxylation is 1. The summed E-state index contributed by atoms with van der Waals surface area (Å²) in [5, 5.41) is 16.1. The van der Waals surface area contributed by atoms with E-state index in [-0.39, 0.29) is 18.1 Å². The van der Waals surface area contributed by atoms with Crippen molar-refractivity contribution in [1.82, 2.24) is 9.97 Å². The minimum absolute atomic E-state index is 0.0465. The fourth-order valence-electron chi connectivity index (χ4n) is 2.22. The van der Waals surface area contributed by atoms with Crippen molar-refractivity contribution in [3.05, 3.63) is 11.4 Å². The molecule has 1 aromatic rings. The summed E-state index contributed by atoms with van der Waals surface area (Å²) in [5.41, 5.74) is 1.08. The van der Waals surface area contributed by atoms with E-state index < -0.39 is 0 Å². The minimum Gasteiger partial charge on any atom is -0.396 e. The molecule has 0 aliphatic rings. The van der Waals surface area contributed by atoms with Crippen LogP contribution < -0.4 is 10.6 Å². The van der Waals surface area contributed by atoms with Crippen LogP contribution in [0.5, 0.6) is 0 Å². The Morgan fingerprint density at radius 3 is 2.24 bits per heavy atom. The highest BCUT2D eigenvalue weighted by atomic mass is 16.3. The van der Waals surface area contributed by atoms with Crippen molar-refractivity contribution < 1.29 is 5.11 Å². The van der Waals surface area contributed by atoms with Crippen molar-refractivity contribution in [1.29, 1.82) is 0 Å². The minimum atomic E-state index is 0.0465. The van der Waals surface area contributed by atoms with Crippen molar-refractivity contribution in [3.8, 4) is 0 Å². The van der Waals surface area contributed by atoms with Gasteiger partial charge in [0.25, 0.3) is 0 Å². The van der Waals surface area contributed by atoms with E-state index in [4.69, 9.17) is 0 Å². The number of nitrogens with one attached hydrogen (secondary N) is 2. The number of nitrogens with zero attached hydrogens (tertiary/aromatic N) is 2. The lowest BCUT2D eigenvalue weighted by Gasteiger charge is -2.32. The maximum Gasteiger partial charge on any atom is 0.135 e. The molecule has 0 aromatic carbocycles. The summed E-state index contributed by atoms with van der Waals surface area (Å²) in [5.74, 6) is 2.59. The van der Waals surface area contributed by atoms with Gasteiger partial charge in [0.2, 0.25) is 0 Å². The third-order valence-electron chi connectivity index (χ3n) is 3.63. The van der Waals surface area contributed by atoms with E-state index in [0.29, 0.717) is 6.42 Å². The second-order valence-corrected chi connectivity index (χ2v) is 6.42. The van der Waals surface area contributed by atoms with Crippen LogP contribution in [0.1, 0.15) is 52.4 Å². The van der Waals surface area contributed by atoms with Crippen LogP contribution in [0.2, 0.25) is 0 Å². The van der Waals surface area contributed by atoms with Crippen molar-refractivity contribution in [2.75, 3.05) is 23.8 Å². The third kappa shape index (κ3) is 4.84. The Bertz CT molecular complexity index is 454. The normalized spacial score (nSPS) is 13.1. The molecule has 0 saturated carbocycles. The molecule has 1 unspecified atom stereocenters. The number of hydrogen-bond donors (Lipinski definition) is 3. The van der Waals surface area contributed by atoms with Crippen LogP contribution in [0.4, 0.5) is 11.6 Å². The Morgan fingerprint density at radius 1 is 1.14 bits per heavy atom. The largest absolute Gasteiger partial charge is 0.396 e. The van der Waals surface area contributed by atoms with E-state index in [2.05, 4.69) is 55.2 Å². The summed E-state index contributed by atoms with van der Waals surface area (Å²) in [4.78, 5) is 9.17. The average Bonchev–Trinajstić information content (AvgIpc) is 2.41. The fourth-order valence-corrected chi connectivity index (χ4v) is 2.22. The number of anilines is 2. The number of aliphatic hydroxyl groups excluding tert-OH is 1. The summed E-state index contributed by atoms with van der Waals surface area (Å²) in [6.45, 7) is 13.6. The summed E-state index contributed by atoms with van der Waals surface area (Å²) >= 11 is 0. The highest BCUT2D eigenvalue weighted by Crippen LogP contribution is 2.28. The van der Waals surface area contributed by atoms with Gasteiger partial charge in [-0.3, -0.25) is 0 Å². The van der Waals surface area contributed by atoms with E-state index in [1.54, 1.807) is 0 Å². The lowest BCUT2D eigenvalue weighted by Crippen LogP contribution is -2.35. The van der Waals surface area contributed by atoms with E-state index in [1.807, 2.05) is 6.92 Å². The lowest BCUT2D eigenvalue weighted by atomic mass is 9.85. The molecule has 0 bridgehead atoms. The first-order chi connectivity index (χ1) is 9.83. The lowest BCUT2D eigenvalue weighted by molar-refractivity contribution is 0.235. The molecule has 3 N–H and O–H groups in total. The molecule has 0 aliphatic heterocycles. The zero-order chi connectivity index (χ0) is 16.0. The van der Waals surface area contributed by atoms with Gasteiger partial charge in [0.1, 0.15) is 17.5 Å². The molecule has 0 fully saturated rings. The highest BCUT2D eigenvalue weighted by Gasteiger charge is 2.25. The van der Waals surface area contributed by atoms with Gasteiger partial charge < -0.3 is 15.7 Å². The van der Waals surface area contributed by atoms with Crippen LogP contribution in [-0.4, -0.2) is 34.3 Å². The van der Waals surface area contributed by atoms with Crippen LogP contribution in [0.25, 0.3) is 0 Å². The third-order valence-corrected chi connectivity index (χ3v) is 3.63. The van der Waals surface area contributed by atoms with Gasteiger partial charge in [-0.15, -0.1) is 0 Å². The van der Waals surface area contributed by atoms with Gasteiger partial charge in [-0.25, -0.2) is 9.97 Å². The molecule has 5 heteroatoms. The van der Waals surface area contributed by atoms with Gasteiger partial charge in [0.05, 0.1) is 0 Å². The zero-order valence-corrected chi connectivity index (χ0v) is 14.2. The van der Waals surface area contributed by atoms with E-state index in [9.17, 15) is 5.11 Å². The van der Waals surface area contributed by atoms with Crippen molar-refractivity contribution in [2.24, 2.45) is 5.41 Å². The van der Waals surface area contributed by atoms with Gasteiger partial charge in [-0.2, -0.15) is 0 Å². The van der Waals surface area contributed by atoms with Crippen molar-refractivity contribution >= 4 is 11.6 Å². The average molecular weight is 294 g/mol. The summed E-state index contributed by atoms with van der Waals surface area (Å²) in [6, 6.07) is 0.162. The molecule has 21 heavy (non-hydrogen) atoms. The molecule has 1 rings (SSSR count). The van der Waals surface area contributed by atoms with Crippen molar-refractivity contribution in [3.63, 3.8) is 0 Å². The second kappa shape index (κ2) is 7.59. The Kier molecular flexibility index (Phi) is 6.40. The van der Waals surface area contributed by atoms with E-state index in [0.717, 1.165) is 36.0 Å². The highest BCUT2D eigenvalue weighted by molar-refractivity contribution is 5.57.